The number of nitrogens with zero attached hydrogens (tertiary/aromatic N) is 1. The summed E-state index contributed by atoms with van der Waals surface area (Å²) < 4.78 is 4.89. The molecule has 0 saturated carbocycles. The van der Waals surface area contributed by atoms with E-state index in [-0.39, 0.29) is 6.61 Å². The van der Waals surface area contributed by atoms with Crippen molar-refractivity contribution in [2.75, 3.05) is 16.9 Å². The van der Waals surface area contributed by atoms with Crippen molar-refractivity contribution in [2.24, 2.45) is 0 Å². The molecule has 0 atom stereocenters. The molecule has 0 unspecified atom stereocenters. The quantitative estimate of drug-likeness (QED) is 0.837. The number of carbonyl (C=O) groups is 2. The Bertz CT molecular complexity index is 717. The highest BCUT2D eigenvalue weighted by molar-refractivity contribution is 6.03. The number of carbonyl (C=O) groups excluding carboxylic acids is 2. The minimum Gasteiger partial charge on any atom is -0.449 e. The monoisotopic (exact) mass is 327 g/mol. The fraction of sp³-hybridized carbons (Fsp3) is 0.222. The molecule has 0 spiro atoms. The molecule has 0 bridgehead atoms. The van der Waals surface area contributed by atoms with Gasteiger partial charge in [-0.15, -0.1) is 0 Å². The van der Waals surface area contributed by atoms with Gasteiger partial charge in [-0.3, -0.25) is 0 Å². The minimum atomic E-state index is -0.694. The Morgan fingerprint density at radius 3 is 2.42 bits per heavy atom. The maximum atomic E-state index is 12.6. The molecule has 2 rings (SSSR count). The lowest BCUT2D eigenvalue weighted by Crippen LogP contribution is -2.49. The predicted octanol–water partition coefficient (Wildman–Crippen LogP) is 4.00. The van der Waals surface area contributed by atoms with Gasteiger partial charge in [0.1, 0.15) is 0 Å². The number of ether oxygens (including phenoxy) is 1. The zero-order chi connectivity index (χ0) is 17.5. The van der Waals surface area contributed by atoms with Crippen LogP contribution >= 0.6 is 0 Å². The van der Waals surface area contributed by atoms with Gasteiger partial charge >= 0.3 is 12.1 Å². The number of hydrogen-bond donors (Lipinski definition) is 2. The number of amides is 3. The van der Waals surface area contributed by atoms with Gasteiger partial charge in [-0.1, -0.05) is 35.9 Å². The Balaban J connectivity index is 2.27. The Morgan fingerprint density at radius 1 is 1.08 bits per heavy atom. The highest BCUT2D eigenvalue weighted by Gasteiger charge is 2.21. The van der Waals surface area contributed by atoms with Gasteiger partial charge in [0.05, 0.1) is 12.3 Å². The number of aryl methyl sites for hydroxylation is 2. The third-order valence-electron chi connectivity index (χ3n) is 3.30. The topological polar surface area (TPSA) is 70.7 Å². The van der Waals surface area contributed by atoms with Gasteiger partial charge in [-0.05, 0) is 44.5 Å². The van der Waals surface area contributed by atoms with E-state index in [0.717, 1.165) is 16.1 Å². The molecule has 0 aromatic heterocycles. The van der Waals surface area contributed by atoms with Crippen LogP contribution in [0.5, 0.6) is 0 Å². The Kier molecular flexibility index (Phi) is 5.78. The van der Waals surface area contributed by atoms with Gasteiger partial charge < -0.3 is 10.1 Å². The smallest absolute Gasteiger partial charge is 0.426 e. The SMILES string of the molecule is CCOC(=O)NN(C(=O)Nc1ccccc1)c1ccc(C)cc1C. The lowest BCUT2D eigenvalue weighted by Gasteiger charge is -2.25. The number of hydrogen-bond acceptors (Lipinski definition) is 3. The van der Waals surface area contributed by atoms with Crippen molar-refractivity contribution < 1.29 is 14.3 Å². The van der Waals surface area contributed by atoms with E-state index in [0.29, 0.717) is 11.4 Å². The summed E-state index contributed by atoms with van der Waals surface area (Å²) in [5.74, 6) is 0. The molecule has 0 saturated heterocycles. The first kappa shape index (κ1) is 17.3. The van der Waals surface area contributed by atoms with Gasteiger partial charge in [0.15, 0.2) is 0 Å². The van der Waals surface area contributed by atoms with Crippen LogP contribution < -0.4 is 15.8 Å². The van der Waals surface area contributed by atoms with E-state index >= 15 is 0 Å². The van der Waals surface area contributed by atoms with Crippen molar-refractivity contribution >= 4 is 23.5 Å². The number of rotatable bonds is 3. The van der Waals surface area contributed by atoms with Crippen molar-refractivity contribution in [1.29, 1.82) is 0 Å². The third-order valence-corrected chi connectivity index (χ3v) is 3.30. The van der Waals surface area contributed by atoms with Crippen LogP contribution in [-0.4, -0.2) is 18.7 Å². The third kappa shape index (κ3) is 4.49. The number of nitrogens with one attached hydrogen (secondary N) is 2. The highest BCUT2D eigenvalue weighted by Crippen LogP contribution is 2.21. The van der Waals surface area contributed by atoms with Crippen LogP contribution in [-0.2, 0) is 4.74 Å². The number of hydrazine groups is 1. The molecule has 0 aliphatic carbocycles. The van der Waals surface area contributed by atoms with Crippen LogP contribution in [0.25, 0.3) is 0 Å². The van der Waals surface area contributed by atoms with Crippen molar-refractivity contribution in [3.05, 3.63) is 59.7 Å². The molecule has 6 heteroatoms. The van der Waals surface area contributed by atoms with Crippen molar-refractivity contribution in [3.8, 4) is 0 Å². The maximum absolute atomic E-state index is 12.6. The molecule has 0 aliphatic heterocycles. The molecule has 2 aromatic rings. The van der Waals surface area contributed by atoms with Crippen LogP contribution in [0.4, 0.5) is 21.0 Å². The summed E-state index contributed by atoms with van der Waals surface area (Å²) in [6.45, 7) is 5.75. The zero-order valence-corrected chi connectivity index (χ0v) is 14.0. The van der Waals surface area contributed by atoms with E-state index in [9.17, 15) is 9.59 Å². The van der Waals surface area contributed by atoms with Crippen LogP contribution in [0, 0.1) is 13.8 Å². The lowest BCUT2D eigenvalue weighted by molar-refractivity contribution is 0.151. The van der Waals surface area contributed by atoms with Crippen LogP contribution in [0.3, 0.4) is 0 Å². The fourth-order valence-corrected chi connectivity index (χ4v) is 2.23. The van der Waals surface area contributed by atoms with Crippen LogP contribution in [0.1, 0.15) is 18.1 Å². The Labute approximate surface area is 141 Å². The van der Waals surface area contributed by atoms with Crippen molar-refractivity contribution in [1.82, 2.24) is 5.43 Å². The lowest BCUT2D eigenvalue weighted by atomic mass is 10.1. The fourth-order valence-electron chi connectivity index (χ4n) is 2.23. The van der Waals surface area contributed by atoms with E-state index in [4.69, 9.17) is 4.74 Å². The van der Waals surface area contributed by atoms with Gasteiger partial charge in [-0.25, -0.2) is 15.0 Å². The molecule has 2 N–H and O–H groups in total. The molecule has 126 valence electrons. The standard InChI is InChI=1S/C18H21N3O3/c1-4-24-18(23)20-21(16-11-10-13(2)12-14(16)3)17(22)19-15-8-6-5-7-9-15/h5-12H,4H2,1-3H3,(H,19,22)(H,20,23). The summed E-state index contributed by atoms with van der Waals surface area (Å²) in [5, 5.41) is 3.90. The first-order chi connectivity index (χ1) is 11.5. The first-order valence-electron chi connectivity index (χ1n) is 7.68. The molecule has 6 nitrogen and oxygen atoms in total. The summed E-state index contributed by atoms with van der Waals surface area (Å²) in [6, 6.07) is 14.1. The maximum Gasteiger partial charge on any atom is 0.426 e. The Hall–Kier alpha value is -3.02. The number of urea groups is 1. The summed E-state index contributed by atoms with van der Waals surface area (Å²) in [6.07, 6.45) is -0.694. The second-order valence-corrected chi connectivity index (χ2v) is 5.25. The van der Waals surface area contributed by atoms with Gasteiger partial charge in [-0.2, -0.15) is 5.01 Å². The molecule has 0 fully saturated rings. The number of para-hydroxylation sites is 1. The molecule has 2 aromatic carbocycles. The zero-order valence-electron chi connectivity index (χ0n) is 14.0. The van der Waals surface area contributed by atoms with E-state index in [1.807, 2.05) is 44.2 Å². The average Bonchev–Trinajstić information content (AvgIpc) is 2.54. The highest BCUT2D eigenvalue weighted by atomic mass is 16.6. The summed E-state index contributed by atoms with van der Waals surface area (Å²) in [7, 11) is 0. The normalized spacial score (nSPS) is 9.96. The molecular formula is C18H21N3O3. The van der Waals surface area contributed by atoms with E-state index in [1.54, 1.807) is 25.1 Å². The van der Waals surface area contributed by atoms with Crippen molar-refractivity contribution in [2.45, 2.75) is 20.8 Å². The molecular weight excluding hydrogens is 306 g/mol. The van der Waals surface area contributed by atoms with Gasteiger partial charge in [0.25, 0.3) is 0 Å². The molecule has 0 aliphatic rings. The summed E-state index contributed by atoms with van der Waals surface area (Å²) in [5.41, 5.74) is 5.60. The molecule has 3 amide bonds. The Morgan fingerprint density at radius 2 is 1.79 bits per heavy atom. The van der Waals surface area contributed by atoms with E-state index < -0.39 is 12.1 Å². The van der Waals surface area contributed by atoms with Crippen molar-refractivity contribution in [3.63, 3.8) is 0 Å². The largest absolute Gasteiger partial charge is 0.449 e. The second-order valence-electron chi connectivity index (χ2n) is 5.25. The van der Waals surface area contributed by atoms with Gasteiger partial charge in [0.2, 0.25) is 0 Å². The summed E-state index contributed by atoms with van der Waals surface area (Å²) >= 11 is 0. The minimum absolute atomic E-state index is 0.215. The second kappa shape index (κ2) is 8.01. The first-order valence-corrected chi connectivity index (χ1v) is 7.68. The molecule has 24 heavy (non-hydrogen) atoms. The van der Waals surface area contributed by atoms with E-state index in [1.165, 1.54) is 0 Å². The number of benzene rings is 2. The van der Waals surface area contributed by atoms with Gasteiger partial charge in [0, 0.05) is 5.69 Å². The van der Waals surface area contributed by atoms with Crippen LogP contribution in [0.15, 0.2) is 48.5 Å². The summed E-state index contributed by atoms with van der Waals surface area (Å²) in [4.78, 5) is 24.4. The average molecular weight is 327 g/mol. The van der Waals surface area contributed by atoms with Crippen LogP contribution in [0.2, 0.25) is 0 Å². The molecule has 0 heterocycles. The molecule has 0 radical (unpaired) electrons. The van der Waals surface area contributed by atoms with E-state index in [2.05, 4.69) is 10.7 Å². The number of anilines is 2. The predicted molar refractivity (Wildman–Crippen MR) is 94.0 cm³/mol.